The van der Waals surface area contributed by atoms with E-state index in [9.17, 15) is 23.1 Å². The zero-order valence-corrected chi connectivity index (χ0v) is 16.7. The molecular formula is C18H25N3O6S. The first-order valence-corrected chi connectivity index (χ1v) is 10.6. The number of carbonyl (C=O) groups is 2. The molecule has 2 amide bonds. The number of amides is 2. The first kappa shape index (κ1) is 20.4. The summed E-state index contributed by atoms with van der Waals surface area (Å²) >= 11 is 0. The monoisotopic (exact) mass is 411 g/mol. The van der Waals surface area contributed by atoms with Crippen molar-refractivity contribution in [2.24, 2.45) is 0 Å². The molecule has 1 aromatic rings. The molecule has 0 bridgehead atoms. The Bertz CT molecular complexity index is 821. The van der Waals surface area contributed by atoms with Gasteiger partial charge >= 0.3 is 22.4 Å². The number of hydrogen-bond donors (Lipinski definition) is 1. The lowest BCUT2D eigenvalue weighted by Crippen LogP contribution is -2.55. The van der Waals surface area contributed by atoms with Crippen molar-refractivity contribution in [3.63, 3.8) is 0 Å². The Morgan fingerprint density at radius 1 is 1.14 bits per heavy atom. The molecule has 1 saturated heterocycles. The van der Waals surface area contributed by atoms with Crippen LogP contribution < -0.4 is 0 Å². The van der Waals surface area contributed by atoms with Crippen LogP contribution in [0.1, 0.15) is 31.7 Å². The molecule has 2 aliphatic rings. The van der Waals surface area contributed by atoms with Crippen LogP contribution in [-0.2, 0) is 14.9 Å². The largest absolute Gasteiger partial charge is 0.464 e. The summed E-state index contributed by atoms with van der Waals surface area (Å²) in [6.07, 6.45) is -1.77. The SMILES string of the molecule is CC(C)OC(=O)N1CCN(S(=O)(=O)N(C(=O)O)[C@H]2C[C@@H]2c2ccccc2)CC1. The number of ether oxygens (including phenoxy) is 1. The molecular weight excluding hydrogens is 386 g/mol. The van der Waals surface area contributed by atoms with Crippen LogP contribution in [0.4, 0.5) is 9.59 Å². The second kappa shape index (κ2) is 7.96. The summed E-state index contributed by atoms with van der Waals surface area (Å²) in [5.41, 5.74) is 0.926. The van der Waals surface area contributed by atoms with Crippen molar-refractivity contribution in [1.29, 1.82) is 0 Å². The number of benzene rings is 1. The van der Waals surface area contributed by atoms with Gasteiger partial charge in [-0.05, 0) is 25.8 Å². The number of carboxylic acid groups (broad SMARTS) is 1. The average molecular weight is 411 g/mol. The summed E-state index contributed by atoms with van der Waals surface area (Å²) in [5.74, 6) is -0.130. The van der Waals surface area contributed by atoms with Gasteiger partial charge in [0.1, 0.15) is 0 Å². The van der Waals surface area contributed by atoms with Gasteiger partial charge in [-0.1, -0.05) is 30.3 Å². The van der Waals surface area contributed by atoms with Crippen LogP contribution in [0, 0.1) is 0 Å². The number of carbonyl (C=O) groups excluding carboxylic acids is 1. The minimum absolute atomic E-state index is 0.0298. The molecule has 1 saturated carbocycles. The van der Waals surface area contributed by atoms with Gasteiger partial charge in [0.25, 0.3) is 0 Å². The van der Waals surface area contributed by atoms with Crippen molar-refractivity contribution in [3.05, 3.63) is 35.9 Å². The zero-order chi connectivity index (χ0) is 20.5. The topological polar surface area (TPSA) is 107 Å². The van der Waals surface area contributed by atoms with Gasteiger partial charge in [-0.3, -0.25) is 0 Å². The summed E-state index contributed by atoms with van der Waals surface area (Å²) in [5, 5.41) is 9.59. The third-order valence-corrected chi connectivity index (χ3v) is 6.82. The molecule has 0 spiro atoms. The molecule has 0 radical (unpaired) electrons. The third kappa shape index (κ3) is 4.22. The molecule has 0 unspecified atom stereocenters. The van der Waals surface area contributed by atoms with Crippen LogP contribution in [0.3, 0.4) is 0 Å². The highest BCUT2D eigenvalue weighted by atomic mass is 32.2. The van der Waals surface area contributed by atoms with E-state index in [2.05, 4.69) is 0 Å². The lowest BCUT2D eigenvalue weighted by molar-refractivity contribution is 0.0658. The van der Waals surface area contributed by atoms with E-state index in [1.807, 2.05) is 30.3 Å². The zero-order valence-electron chi connectivity index (χ0n) is 15.9. The Hall–Kier alpha value is -2.33. The van der Waals surface area contributed by atoms with Gasteiger partial charge in [-0.25, -0.2) is 9.59 Å². The van der Waals surface area contributed by atoms with Crippen LogP contribution in [0.5, 0.6) is 0 Å². The van der Waals surface area contributed by atoms with E-state index in [0.29, 0.717) is 10.7 Å². The maximum absolute atomic E-state index is 13.0. The Labute approximate surface area is 164 Å². The van der Waals surface area contributed by atoms with Crippen LogP contribution in [0.2, 0.25) is 0 Å². The smallest absolute Gasteiger partial charge is 0.422 e. The van der Waals surface area contributed by atoms with Gasteiger partial charge in [0.15, 0.2) is 0 Å². The fourth-order valence-corrected chi connectivity index (χ4v) is 5.06. The lowest BCUT2D eigenvalue weighted by atomic mass is 10.1. The second-order valence-corrected chi connectivity index (χ2v) is 9.03. The quantitative estimate of drug-likeness (QED) is 0.793. The van der Waals surface area contributed by atoms with Gasteiger partial charge in [0.2, 0.25) is 0 Å². The van der Waals surface area contributed by atoms with E-state index >= 15 is 0 Å². The summed E-state index contributed by atoms with van der Waals surface area (Å²) in [7, 11) is -4.18. The van der Waals surface area contributed by atoms with Gasteiger partial charge < -0.3 is 14.7 Å². The van der Waals surface area contributed by atoms with Crippen molar-refractivity contribution >= 4 is 22.4 Å². The van der Waals surface area contributed by atoms with Crippen LogP contribution in [0.15, 0.2) is 30.3 Å². The first-order chi connectivity index (χ1) is 13.2. The maximum Gasteiger partial charge on any atom is 0.422 e. The Morgan fingerprint density at radius 2 is 1.75 bits per heavy atom. The second-order valence-electron chi connectivity index (χ2n) is 7.23. The van der Waals surface area contributed by atoms with Gasteiger partial charge in [-0.15, -0.1) is 0 Å². The third-order valence-electron chi connectivity index (χ3n) is 4.88. The van der Waals surface area contributed by atoms with E-state index in [4.69, 9.17) is 4.74 Å². The van der Waals surface area contributed by atoms with Crippen molar-refractivity contribution in [1.82, 2.24) is 13.5 Å². The molecule has 28 heavy (non-hydrogen) atoms. The molecule has 1 aliphatic carbocycles. The van der Waals surface area contributed by atoms with Crippen molar-refractivity contribution in [2.45, 2.75) is 38.3 Å². The van der Waals surface area contributed by atoms with Crippen molar-refractivity contribution in [3.8, 4) is 0 Å². The maximum atomic E-state index is 13.0. The number of nitrogens with zero attached hydrogens (tertiary/aromatic N) is 3. The van der Waals surface area contributed by atoms with Crippen LogP contribution >= 0.6 is 0 Å². The normalized spacial score (nSPS) is 22.8. The average Bonchev–Trinajstić information content (AvgIpc) is 3.41. The minimum Gasteiger partial charge on any atom is -0.464 e. The first-order valence-electron chi connectivity index (χ1n) is 9.24. The van der Waals surface area contributed by atoms with Crippen molar-refractivity contribution < 1.29 is 27.9 Å². The number of rotatable bonds is 5. The fourth-order valence-electron chi connectivity index (χ4n) is 3.41. The number of hydrogen-bond acceptors (Lipinski definition) is 5. The fraction of sp³-hybridized carbons (Fsp3) is 0.556. The summed E-state index contributed by atoms with van der Waals surface area (Å²) < 4.78 is 32.8. The van der Waals surface area contributed by atoms with E-state index in [0.717, 1.165) is 9.87 Å². The predicted molar refractivity (Wildman–Crippen MR) is 101 cm³/mol. The molecule has 2 atom stereocenters. The molecule has 1 aliphatic heterocycles. The molecule has 1 aromatic carbocycles. The van der Waals surface area contributed by atoms with E-state index in [1.54, 1.807) is 13.8 Å². The van der Waals surface area contributed by atoms with E-state index in [-0.39, 0.29) is 38.2 Å². The predicted octanol–water partition coefficient (Wildman–Crippen LogP) is 1.93. The highest BCUT2D eigenvalue weighted by Crippen LogP contribution is 2.46. The van der Waals surface area contributed by atoms with Gasteiger partial charge in [0.05, 0.1) is 12.1 Å². The molecule has 2 fully saturated rings. The van der Waals surface area contributed by atoms with Crippen molar-refractivity contribution in [2.75, 3.05) is 26.2 Å². The Kier molecular flexibility index (Phi) is 5.80. The van der Waals surface area contributed by atoms with Gasteiger partial charge in [0, 0.05) is 32.1 Å². The standard InChI is InChI=1S/C18H25N3O6S/c1-13(2)27-18(24)19-8-10-20(11-9-19)28(25,26)21(17(22)23)16-12-15(16)14-6-4-3-5-7-14/h3-7,13,15-16H,8-12H2,1-2H3,(H,22,23)/t15-,16+/m1/s1. The van der Waals surface area contributed by atoms with E-state index < -0.39 is 28.4 Å². The lowest BCUT2D eigenvalue weighted by Gasteiger charge is -2.35. The molecule has 1 heterocycles. The minimum atomic E-state index is -4.18. The molecule has 1 N–H and O–H groups in total. The Morgan fingerprint density at radius 3 is 2.29 bits per heavy atom. The van der Waals surface area contributed by atoms with E-state index in [1.165, 1.54) is 4.90 Å². The molecule has 3 rings (SSSR count). The molecule has 10 heteroatoms. The van der Waals surface area contributed by atoms with Gasteiger partial charge in [-0.2, -0.15) is 17.0 Å². The molecule has 9 nitrogen and oxygen atoms in total. The Balaban J connectivity index is 1.67. The highest BCUT2D eigenvalue weighted by molar-refractivity contribution is 7.87. The summed E-state index contributed by atoms with van der Waals surface area (Å²) in [6, 6.07) is 8.69. The molecule has 0 aromatic heterocycles. The van der Waals surface area contributed by atoms with Crippen LogP contribution in [0.25, 0.3) is 0 Å². The highest BCUT2D eigenvalue weighted by Gasteiger charge is 2.52. The molecule has 154 valence electrons. The number of piperazine rings is 1. The summed E-state index contributed by atoms with van der Waals surface area (Å²) in [6.45, 7) is 3.85. The summed E-state index contributed by atoms with van der Waals surface area (Å²) in [4.78, 5) is 25.2. The van der Waals surface area contributed by atoms with Crippen LogP contribution in [-0.4, -0.2) is 77.5 Å².